The first kappa shape index (κ1) is 14.2. The molecular formula is C11H20N2O3S. The molecule has 1 aliphatic rings. The smallest absolute Gasteiger partial charge is 0.326 e. The lowest BCUT2D eigenvalue weighted by atomic mass is 10.2. The van der Waals surface area contributed by atoms with E-state index in [1.54, 1.807) is 11.9 Å². The van der Waals surface area contributed by atoms with Crippen LogP contribution >= 0.6 is 11.8 Å². The summed E-state index contributed by atoms with van der Waals surface area (Å²) in [6.07, 6.45) is 2.19. The zero-order chi connectivity index (χ0) is 12.8. The van der Waals surface area contributed by atoms with Crippen molar-refractivity contribution in [2.75, 3.05) is 18.6 Å². The fourth-order valence-corrected chi connectivity index (χ4v) is 3.06. The van der Waals surface area contributed by atoms with E-state index in [9.17, 15) is 9.59 Å². The Morgan fingerprint density at radius 1 is 1.59 bits per heavy atom. The first-order chi connectivity index (χ1) is 8.06. The molecule has 0 spiro atoms. The maximum atomic E-state index is 11.9. The number of hydrogen-bond donors (Lipinski definition) is 2. The molecule has 0 bridgehead atoms. The van der Waals surface area contributed by atoms with Crippen molar-refractivity contribution in [3.63, 3.8) is 0 Å². The van der Waals surface area contributed by atoms with Gasteiger partial charge in [-0.3, -0.25) is 0 Å². The van der Waals surface area contributed by atoms with Gasteiger partial charge >= 0.3 is 12.0 Å². The summed E-state index contributed by atoms with van der Waals surface area (Å²) in [7, 11) is 1.73. The van der Waals surface area contributed by atoms with Gasteiger partial charge in [0.25, 0.3) is 0 Å². The summed E-state index contributed by atoms with van der Waals surface area (Å²) < 4.78 is 0. The summed E-state index contributed by atoms with van der Waals surface area (Å²) in [6.45, 7) is 1.90. The van der Waals surface area contributed by atoms with Crippen molar-refractivity contribution in [2.45, 2.75) is 38.3 Å². The Hall–Kier alpha value is -0.910. The van der Waals surface area contributed by atoms with E-state index in [0.29, 0.717) is 6.42 Å². The molecule has 1 saturated heterocycles. The van der Waals surface area contributed by atoms with Crippen molar-refractivity contribution < 1.29 is 14.7 Å². The van der Waals surface area contributed by atoms with Crippen molar-refractivity contribution in [3.05, 3.63) is 0 Å². The van der Waals surface area contributed by atoms with Crippen molar-refractivity contribution in [1.82, 2.24) is 10.2 Å². The average molecular weight is 260 g/mol. The third-order valence-electron chi connectivity index (χ3n) is 2.95. The first-order valence-corrected chi connectivity index (χ1v) is 7.05. The van der Waals surface area contributed by atoms with E-state index >= 15 is 0 Å². The van der Waals surface area contributed by atoms with Gasteiger partial charge in [-0.05, 0) is 18.6 Å². The number of nitrogens with zero attached hydrogens (tertiary/aromatic N) is 1. The Labute approximate surface area is 106 Å². The van der Waals surface area contributed by atoms with E-state index in [4.69, 9.17) is 5.11 Å². The van der Waals surface area contributed by atoms with Gasteiger partial charge in [-0.1, -0.05) is 13.3 Å². The number of aliphatic carboxylic acids is 1. The zero-order valence-electron chi connectivity index (χ0n) is 10.3. The minimum absolute atomic E-state index is 0.232. The number of carbonyl (C=O) groups excluding carboxylic acids is 1. The van der Waals surface area contributed by atoms with Crippen LogP contribution in [0.4, 0.5) is 4.79 Å². The molecule has 1 rings (SSSR count). The van der Waals surface area contributed by atoms with Crippen molar-refractivity contribution in [1.29, 1.82) is 0 Å². The van der Waals surface area contributed by atoms with Crippen LogP contribution in [0, 0.1) is 0 Å². The molecule has 0 aromatic carbocycles. The minimum Gasteiger partial charge on any atom is -0.480 e. The lowest BCUT2D eigenvalue weighted by Crippen LogP contribution is -2.49. The third kappa shape index (κ3) is 4.11. The molecule has 0 saturated carbocycles. The molecule has 2 atom stereocenters. The van der Waals surface area contributed by atoms with Crippen LogP contribution in [0.1, 0.15) is 26.2 Å². The molecule has 98 valence electrons. The normalized spacial score (nSPS) is 20.9. The monoisotopic (exact) mass is 260 g/mol. The van der Waals surface area contributed by atoms with Gasteiger partial charge in [-0.15, -0.1) is 0 Å². The van der Waals surface area contributed by atoms with Crippen LogP contribution in [0.25, 0.3) is 0 Å². The molecule has 17 heavy (non-hydrogen) atoms. The number of carbonyl (C=O) groups is 2. The fourth-order valence-electron chi connectivity index (χ4n) is 1.79. The van der Waals surface area contributed by atoms with Crippen LogP contribution in [0.3, 0.4) is 0 Å². The first-order valence-electron chi connectivity index (χ1n) is 5.90. The SMILES string of the molecule is CCCC(NC(=O)N(C)C1CCSC1)C(=O)O. The van der Waals surface area contributed by atoms with Gasteiger partial charge < -0.3 is 15.3 Å². The highest BCUT2D eigenvalue weighted by molar-refractivity contribution is 7.99. The molecule has 1 heterocycles. The van der Waals surface area contributed by atoms with Gasteiger partial charge in [0.2, 0.25) is 0 Å². The van der Waals surface area contributed by atoms with Crippen LogP contribution in [0.5, 0.6) is 0 Å². The van der Waals surface area contributed by atoms with Crippen LogP contribution < -0.4 is 5.32 Å². The fraction of sp³-hybridized carbons (Fsp3) is 0.818. The van der Waals surface area contributed by atoms with Gasteiger partial charge in [0.1, 0.15) is 6.04 Å². The molecule has 2 amide bonds. The zero-order valence-corrected chi connectivity index (χ0v) is 11.1. The molecule has 1 aliphatic heterocycles. The summed E-state index contributed by atoms with van der Waals surface area (Å²) >= 11 is 1.83. The summed E-state index contributed by atoms with van der Waals surface area (Å²) in [5.41, 5.74) is 0. The number of amides is 2. The van der Waals surface area contributed by atoms with Gasteiger partial charge in [0, 0.05) is 18.8 Å². The number of thioether (sulfide) groups is 1. The maximum Gasteiger partial charge on any atom is 0.326 e. The van der Waals surface area contributed by atoms with Crippen LogP contribution in [0.15, 0.2) is 0 Å². The molecule has 2 N–H and O–H groups in total. The highest BCUT2D eigenvalue weighted by Crippen LogP contribution is 2.21. The number of nitrogens with one attached hydrogen (secondary N) is 1. The lowest BCUT2D eigenvalue weighted by molar-refractivity contribution is -0.139. The average Bonchev–Trinajstić information content (AvgIpc) is 2.80. The number of carboxylic acids is 1. The number of urea groups is 1. The largest absolute Gasteiger partial charge is 0.480 e. The molecule has 6 heteroatoms. The highest BCUT2D eigenvalue weighted by atomic mass is 32.2. The second-order valence-corrected chi connectivity index (χ2v) is 5.41. The molecule has 1 fully saturated rings. The van der Waals surface area contributed by atoms with Crippen molar-refractivity contribution in [2.24, 2.45) is 0 Å². The van der Waals surface area contributed by atoms with E-state index in [1.807, 2.05) is 18.7 Å². The Bertz CT molecular complexity index is 280. The Morgan fingerprint density at radius 2 is 2.29 bits per heavy atom. The summed E-state index contributed by atoms with van der Waals surface area (Å²) in [5.74, 6) is 1.05. The van der Waals surface area contributed by atoms with E-state index in [1.165, 1.54) is 0 Å². The Balaban J connectivity index is 2.47. The molecule has 0 aliphatic carbocycles. The second kappa shape index (κ2) is 6.74. The highest BCUT2D eigenvalue weighted by Gasteiger charge is 2.26. The lowest BCUT2D eigenvalue weighted by Gasteiger charge is -2.26. The quantitative estimate of drug-likeness (QED) is 0.783. The predicted molar refractivity (Wildman–Crippen MR) is 68.4 cm³/mol. The summed E-state index contributed by atoms with van der Waals surface area (Å²) in [5, 5.41) is 11.5. The standard InChI is InChI=1S/C11H20N2O3S/c1-3-4-9(10(14)15)12-11(16)13(2)8-5-6-17-7-8/h8-9H,3-7H2,1-2H3,(H,12,16)(H,14,15). The van der Waals surface area contributed by atoms with Crippen LogP contribution in [-0.2, 0) is 4.79 Å². The van der Waals surface area contributed by atoms with Crippen molar-refractivity contribution in [3.8, 4) is 0 Å². The summed E-state index contributed by atoms with van der Waals surface area (Å²) in [4.78, 5) is 24.4. The third-order valence-corrected chi connectivity index (χ3v) is 4.09. The number of hydrogen-bond acceptors (Lipinski definition) is 3. The van der Waals surface area contributed by atoms with Gasteiger partial charge in [-0.2, -0.15) is 11.8 Å². The molecule has 0 aromatic heterocycles. The Morgan fingerprint density at radius 3 is 2.76 bits per heavy atom. The van der Waals surface area contributed by atoms with Gasteiger partial charge in [0.05, 0.1) is 0 Å². The molecule has 5 nitrogen and oxygen atoms in total. The second-order valence-electron chi connectivity index (χ2n) is 4.26. The molecule has 0 radical (unpaired) electrons. The van der Waals surface area contributed by atoms with Crippen LogP contribution in [0.2, 0.25) is 0 Å². The number of carboxylic acid groups (broad SMARTS) is 1. The van der Waals surface area contributed by atoms with E-state index < -0.39 is 12.0 Å². The molecular weight excluding hydrogens is 240 g/mol. The molecule has 2 unspecified atom stereocenters. The summed E-state index contributed by atoms with van der Waals surface area (Å²) in [6, 6.07) is -0.821. The Kier molecular flexibility index (Phi) is 5.61. The van der Waals surface area contributed by atoms with Gasteiger partial charge in [-0.25, -0.2) is 9.59 Å². The maximum absolute atomic E-state index is 11.9. The van der Waals surface area contributed by atoms with Crippen molar-refractivity contribution >= 4 is 23.8 Å². The minimum atomic E-state index is -0.964. The number of rotatable bonds is 5. The van der Waals surface area contributed by atoms with Gasteiger partial charge in [0.15, 0.2) is 0 Å². The van der Waals surface area contributed by atoms with E-state index in [0.717, 1.165) is 24.3 Å². The van der Waals surface area contributed by atoms with Crippen LogP contribution in [-0.4, -0.2) is 52.6 Å². The van der Waals surface area contributed by atoms with E-state index in [-0.39, 0.29) is 12.1 Å². The predicted octanol–water partition coefficient (Wildman–Crippen LogP) is 1.39. The molecule has 0 aromatic rings. The topological polar surface area (TPSA) is 69.6 Å². The van der Waals surface area contributed by atoms with E-state index in [2.05, 4.69) is 5.32 Å².